The van der Waals surface area contributed by atoms with Crippen LogP contribution in [-0.2, 0) is 11.2 Å². The van der Waals surface area contributed by atoms with Crippen molar-refractivity contribution in [1.29, 1.82) is 0 Å². The molecule has 1 aromatic rings. The van der Waals surface area contributed by atoms with E-state index in [1.54, 1.807) is 11.3 Å². The van der Waals surface area contributed by atoms with Gasteiger partial charge >= 0.3 is 0 Å². The zero-order valence-corrected chi connectivity index (χ0v) is 11.5. The van der Waals surface area contributed by atoms with Crippen molar-refractivity contribution in [2.45, 2.75) is 45.4 Å². The van der Waals surface area contributed by atoms with Crippen LogP contribution in [0.25, 0.3) is 0 Å². The molecule has 0 fully saturated rings. The number of ketones is 1. The molecule has 1 atom stereocenters. The lowest BCUT2D eigenvalue weighted by atomic mass is 9.94. The number of thiophene rings is 1. The standard InChI is InChI=1S/C14H23NOS/c1-2-12(7-9-15)3-5-14(16)6-4-13-8-10-17-11-13/h8,10-12H,2-7,9,15H2,1H3. The first-order valence-electron chi connectivity index (χ1n) is 6.49. The molecule has 1 unspecified atom stereocenters. The molecule has 0 spiro atoms. The minimum atomic E-state index is 0.395. The molecule has 3 heteroatoms. The maximum Gasteiger partial charge on any atom is 0.133 e. The van der Waals surface area contributed by atoms with Gasteiger partial charge in [0, 0.05) is 12.8 Å². The van der Waals surface area contributed by atoms with Crippen LogP contribution in [-0.4, -0.2) is 12.3 Å². The van der Waals surface area contributed by atoms with Crippen LogP contribution < -0.4 is 5.73 Å². The Morgan fingerprint density at radius 2 is 2.24 bits per heavy atom. The summed E-state index contributed by atoms with van der Waals surface area (Å²) in [6.07, 6.45) is 5.51. The van der Waals surface area contributed by atoms with E-state index in [1.807, 2.05) is 0 Å². The van der Waals surface area contributed by atoms with Gasteiger partial charge < -0.3 is 5.73 Å². The highest BCUT2D eigenvalue weighted by Crippen LogP contribution is 2.16. The molecule has 0 saturated carbocycles. The number of rotatable bonds is 9. The highest BCUT2D eigenvalue weighted by atomic mass is 32.1. The molecule has 0 saturated heterocycles. The van der Waals surface area contributed by atoms with Gasteiger partial charge in [-0.25, -0.2) is 0 Å². The molecule has 1 aromatic heterocycles. The Kier molecular flexibility index (Phi) is 7.13. The monoisotopic (exact) mass is 253 g/mol. The van der Waals surface area contributed by atoms with Gasteiger partial charge in [0.2, 0.25) is 0 Å². The maximum absolute atomic E-state index is 11.7. The lowest BCUT2D eigenvalue weighted by molar-refractivity contribution is -0.119. The zero-order chi connectivity index (χ0) is 12.5. The molecule has 2 nitrogen and oxygen atoms in total. The van der Waals surface area contributed by atoms with Crippen LogP contribution in [0.5, 0.6) is 0 Å². The van der Waals surface area contributed by atoms with Gasteiger partial charge in [0.1, 0.15) is 5.78 Å². The molecule has 0 amide bonds. The number of carbonyl (C=O) groups excluding carboxylic acids is 1. The van der Waals surface area contributed by atoms with Gasteiger partial charge in [-0.3, -0.25) is 4.79 Å². The van der Waals surface area contributed by atoms with Crippen molar-refractivity contribution >= 4 is 17.1 Å². The van der Waals surface area contributed by atoms with Crippen molar-refractivity contribution < 1.29 is 4.79 Å². The molecule has 0 aliphatic heterocycles. The molecule has 0 aliphatic carbocycles. The highest BCUT2D eigenvalue weighted by molar-refractivity contribution is 7.07. The van der Waals surface area contributed by atoms with E-state index in [-0.39, 0.29) is 0 Å². The second kappa shape index (κ2) is 8.43. The van der Waals surface area contributed by atoms with E-state index < -0.39 is 0 Å². The van der Waals surface area contributed by atoms with Gasteiger partial charge in [-0.1, -0.05) is 13.3 Å². The van der Waals surface area contributed by atoms with Crippen molar-refractivity contribution in [2.24, 2.45) is 11.7 Å². The van der Waals surface area contributed by atoms with Gasteiger partial charge in [-0.15, -0.1) is 0 Å². The number of aryl methyl sites for hydroxylation is 1. The number of carbonyl (C=O) groups is 1. The third kappa shape index (κ3) is 5.99. The fourth-order valence-corrected chi connectivity index (χ4v) is 2.70. The normalized spacial score (nSPS) is 12.6. The smallest absolute Gasteiger partial charge is 0.133 e. The first-order chi connectivity index (χ1) is 8.26. The van der Waals surface area contributed by atoms with Crippen LogP contribution in [0, 0.1) is 5.92 Å². The summed E-state index contributed by atoms with van der Waals surface area (Å²) in [6.45, 7) is 2.91. The fraction of sp³-hybridized carbons (Fsp3) is 0.643. The minimum absolute atomic E-state index is 0.395. The summed E-state index contributed by atoms with van der Waals surface area (Å²) in [5, 5.41) is 4.19. The molecule has 17 heavy (non-hydrogen) atoms. The molecular weight excluding hydrogens is 230 g/mol. The van der Waals surface area contributed by atoms with E-state index in [0.29, 0.717) is 18.1 Å². The van der Waals surface area contributed by atoms with Crippen LogP contribution in [0.3, 0.4) is 0 Å². The molecule has 96 valence electrons. The van der Waals surface area contributed by atoms with Crippen LogP contribution in [0.15, 0.2) is 16.8 Å². The number of hydrogen-bond donors (Lipinski definition) is 1. The van der Waals surface area contributed by atoms with Crippen LogP contribution >= 0.6 is 11.3 Å². The van der Waals surface area contributed by atoms with Crippen LogP contribution in [0.4, 0.5) is 0 Å². The van der Waals surface area contributed by atoms with Gasteiger partial charge in [0.05, 0.1) is 0 Å². The third-order valence-corrected chi connectivity index (χ3v) is 3.99. The Bertz CT molecular complexity index is 308. The van der Waals surface area contributed by atoms with E-state index in [4.69, 9.17) is 5.73 Å². The Morgan fingerprint density at radius 1 is 1.41 bits per heavy atom. The predicted octanol–water partition coefficient (Wildman–Crippen LogP) is 3.41. The van der Waals surface area contributed by atoms with Gasteiger partial charge in [-0.05, 0) is 54.1 Å². The first-order valence-corrected chi connectivity index (χ1v) is 7.43. The third-order valence-electron chi connectivity index (χ3n) is 3.26. The molecule has 1 heterocycles. The predicted molar refractivity (Wildman–Crippen MR) is 74.3 cm³/mol. The Hall–Kier alpha value is -0.670. The van der Waals surface area contributed by atoms with Gasteiger partial charge in [-0.2, -0.15) is 11.3 Å². The molecule has 2 N–H and O–H groups in total. The van der Waals surface area contributed by atoms with Gasteiger partial charge in [0.15, 0.2) is 0 Å². The molecule has 1 rings (SSSR count). The Morgan fingerprint density at radius 3 is 2.82 bits per heavy atom. The van der Waals surface area contributed by atoms with Crippen LogP contribution in [0.1, 0.15) is 44.6 Å². The summed E-state index contributed by atoms with van der Waals surface area (Å²) in [7, 11) is 0. The molecular formula is C14H23NOS. The molecule has 0 aromatic carbocycles. The second-order valence-electron chi connectivity index (χ2n) is 4.56. The first kappa shape index (κ1) is 14.4. The van der Waals surface area contributed by atoms with E-state index in [0.717, 1.165) is 38.6 Å². The summed E-state index contributed by atoms with van der Waals surface area (Å²) in [4.78, 5) is 11.7. The van der Waals surface area contributed by atoms with Crippen molar-refractivity contribution in [3.8, 4) is 0 Å². The van der Waals surface area contributed by atoms with E-state index in [9.17, 15) is 4.79 Å². The Balaban J connectivity index is 2.16. The van der Waals surface area contributed by atoms with Crippen molar-refractivity contribution in [3.05, 3.63) is 22.4 Å². The second-order valence-corrected chi connectivity index (χ2v) is 5.34. The van der Waals surface area contributed by atoms with Crippen LogP contribution in [0.2, 0.25) is 0 Å². The van der Waals surface area contributed by atoms with Crippen molar-refractivity contribution in [1.82, 2.24) is 0 Å². The number of nitrogens with two attached hydrogens (primary N) is 1. The quantitative estimate of drug-likeness (QED) is 0.733. The largest absolute Gasteiger partial charge is 0.330 e. The average Bonchev–Trinajstić information content (AvgIpc) is 2.85. The summed E-state index contributed by atoms with van der Waals surface area (Å²) >= 11 is 1.69. The Labute approximate surface area is 108 Å². The zero-order valence-electron chi connectivity index (χ0n) is 10.7. The SMILES string of the molecule is CCC(CCN)CCC(=O)CCc1ccsc1. The number of Topliss-reactive ketones (excluding diaryl/α,β-unsaturated/α-hetero) is 1. The van der Waals surface area contributed by atoms with Crippen molar-refractivity contribution in [3.63, 3.8) is 0 Å². The maximum atomic E-state index is 11.7. The number of hydrogen-bond acceptors (Lipinski definition) is 3. The summed E-state index contributed by atoms with van der Waals surface area (Å²) in [5.74, 6) is 1.02. The molecule has 0 radical (unpaired) electrons. The lowest BCUT2D eigenvalue weighted by Crippen LogP contribution is -2.10. The topological polar surface area (TPSA) is 43.1 Å². The molecule has 0 aliphatic rings. The highest BCUT2D eigenvalue weighted by Gasteiger charge is 2.09. The summed E-state index contributed by atoms with van der Waals surface area (Å²) in [5.41, 5.74) is 6.84. The van der Waals surface area contributed by atoms with E-state index in [2.05, 4.69) is 23.8 Å². The average molecular weight is 253 g/mol. The van der Waals surface area contributed by atoms with Gasteiger partial charge in [0.25, 0.3) is 0 Å². The minimum Gasteiger partial charge on any atom is -0.330 e. The fourth-order valence-electron chi connectivity index (χ4n) is 2.00. The lowest BCUT2D eigenvalue weighted by Gasteiger charge is -2.12. The van der Waals surface area contributed by atoms with Crippen molar-refractivity contribution in [2.75, 3.05) is 6.54 Å². The van der Waals surface area contributed by atoms with E-state index >= 15 is 0 Å². The van der Waals surface area contributed by atoms with E-state index in [1.165, 1.54) is 5.56 Å². The summed E-state index contributed by atoms with van der Waals surface area (Å²) in [6, 6.07) is 2.10. The molecule has 0 bridgehead atoms. The summed E-state index contributed by atoms with van der Waals surface area (Å²) < 4.78 is 0.